The highest BCUT2D eigenvalue weighted by atomic mass is 35.5. The second-order valence-corrected chi connectivity index (χ2v) is 5.51. The highest BCUT2D eigenvalue weighted by molar-refractivity contribution is 6.30. The molecule has 0 aromatic heterocycles. The zero-order valence-electron chi connectivity index (χ0n) is 12.2. The van der Waals surface area contributed by atoms with E-state index in [4.69, 9.17) is 16.3 Å². The minimum absolute atomic E-state index is 0.690. The second-order valence-electron chi connectivity index (χ2n) is 5.07. The van der Waals surface area contributed by atoms with Crippen molar-refractivity contribution >= 4 is 29.2 Å². The number of hydrogen-bond donors (Lipinski definition) is 1. The van der Waals surface area contributed by atoms with Crippen LogP contribution in [0.3, 0.4) is 0 Å². The molecule has 1 aliphatic rings. The molecule has 0 unspecified atom stereocenters. The van der Waals surface area contributed by atoms with Crippen molar-refractivity contribution in [3.8, 4) is 0 Å². The predicted octanol–water partition coefficient (Wildman–Crippen LogP) is 3.62. The van der Waals surface area contributed by atoms with Crippen molar-refractivity contribution in [1.29, 1.82) is 0 Å². The Hall–Kier alpha value is -2.04. The molecule has 5 heteroatoms. The summed E-state index contributed by atoms with van der Waals surface area (Å²) in [5, 5.41) is 4.92. The van der Waals surface area contributed by atoms with Gasteiger partial charge in [0, 0.05) is 23.8 Å². The Morgan fingerprint density at radius 3 is 2.59 bits per heavy atom. The van der Waals surface area contributed by atoms with Gasteiger partial charge < -0.3 is 9.64 Å². The Morgan fingerprint density at radius 1 is 1.09 bits per heavy atom. The Balaban J connectivity index is 1.59. The number of hydrogen-bond acceptors (Lipinski definition) is 4. The highest BCUT2D eigenvalue weighted by Gasteiger charge is 2.10. The maximum atomic E-state index is 5.93. The molecule has 0 radical (unpaired) electrons. The van der Waals surface area contributed by atoms with Crippen molar-refractivity contribution in [2.24, 2.45) is 5.10 Å². The molecule has 3 rings (SSSR count). The lowest BCUT2D eigenvalue weighted by molar-refractivity contribution is 0.122. The molecule has 1 fully saturated rings. The van der Waals surface area contributed by atoms with Crippen LogP contribution in [0.5, 0.6) is 0 Å². The summed E-state index contributed by atoms with van der Waals surface area (Å²) < 4.78 is 5.37. The molecule has 0 saturated carbocycles. The van der Waals surface area contributed by atoms with E-state index in [-0.39, 0.29) is 0 Å². The van der Waals surface area contributed by atoms with E-state index < -0.39 is 0 Å². The third-order valence-corrected chi connectivity index (χ3v) is 3.74. The fourth-order valence-corrected chi connectivity index (χ4v) is 2.52. The van der Waals surface area contributed by atoms with E-state index in [0.29, 0.717) is 5.02 Å². The first kappa shape index (κ1) is 14.9. The van der Waals surface area contributed by atoms with Crippen LogP contribution < -0.4 is 10.3 Å². The Morgan fingerprint density at radius 2 is 1.86 bits per heavy atom. The second kappa shape index (κ2) is 7.29. The van der Waals surface area contributed by atoms with Crippen LogP contribution in [0.4, 0.5) is 11.4 Å². The Bertz CT molecular complexity index is 637. The van der Waals surface area contributed by atoms with Gasteiger partial charge in [-0.05, 0) is 35.9 Å². The molecule has 0 aliphatic carbocycles. The van der Waals surface area contributed by atoms with Crippen LogP contribution in [-0.4, -0.2) is 32.5 Å². The van der Waals surface area contributed by atoms with Gasteiger partial charge >= 0.3 is 0 Å². The molecule has 22 heavy (non-hydrogen) atoms. The first-order chi connectivity index (χ1) is 10.8. The smallest absolute Gasteiger partial charge is 0.0642 e. The first-order valence-electron chi connectivity index (χ1n) is 7.29. The largest absolute Gasteiger partial charge is 0.378 e. The SMILES string of the molecule is Clc1cccc(NN=Cc2ccc(N3CCOCC3)cc2)c1. The lowest BCUT2D eigenvalue weighted by Crippen LogP contribution is -2.36. The van der Waals surface area contributed by atoms with E-state index in [1.807, 2.05) is 24.3 Å². The van der Waals surface area contributed by atoms with Gasteiger partial charge in [0.2, 0.25) is 0 Å². The van der Waals surface area contributed by atoms with Crippen molar-refractivity contribution in [1.82, 2.24) is 0 Å². The van der Waals surface area contributed by atoms with Crippen LogP contribution in [-0.2, 0) is 4.74 Å². The van der Waals surface area contributed by atoms with Gasteiger partial charge in [0.05, 0.1) is 25.1 Å². The van der Waals surface area contributed by atoms with E-state index in [1.54, 1.807) is 6.21 Å². The summed E-state index contributed by atoms with van der Waals surface area (Å²) in [4.78, 5) is 2.33. The number of ether oxygens (including phenoxy) is 1. The summed E-state index contributed by atoms with van der Waals surface area (Å²) in [5.41, 5.74) is 6.11. The van der Waals surface area contributed by atoms with Gasteiger partial charge in [-0.15, -0.1) is 0 Å². The van der Waals surface area contributed by atoms with Crippen LogP contribution in [0.1, 0.15) is 5.56 Å². The van der Waals surface area contributed by atoms with Gasteiger partial charge in [0.15, 0.2) is 0 Å². The van der Waals surface area contributed by atoms with Crippen LogP contribution in [0.15, 0.2) is 53.6 Å². The number of anilines is 2. The van der Waals surface area contributed by atoms with E-state index >= 15 is 0 Å². The molecule has 1 saturated heterocycles. The minimum atomic E-state index is 0.690. The van der Waals surface area contributed by atoms with Crippen molar-refractivity contribution in [3.05, 3.63) is 59.1 Å². The summed E-state index contributed by atoms with van der Waals surface area (Å²) >= 11 is 5.93. The average Bonchev–Trinajstić information content (AvgIpc) is 2.56. The third-order valence-electron chi connectivity index (χ3n) is 3.50. The minimum Gasteiger partial charge on any atom is -0.378 e. The van der Waals surface area contributed by atoms with Gasteiger partial charge in [-0.1, -0.05) is 29.8 Å². The molecule has 0 bridgehead atoms. The van der Waals surface area contributed by atoms with Crippen LogP contribution >= 0.6 is 11.6 Å². The molecule has 1 heterocycles. The highest BCUT2D eigenvalue weighted by Crippen LogP contribution is 2.17. The van der Waals surface area contributed by atoms with Crippen LogP contribution in [0.2, 0.25) is 5.02 Å². The molecule has 1 aliphatic heterocycles. The molecule has 0 spiro atoms. The number of benzene rings is 2. The van der Waals surface area contributed by atoms with Gasteiger partial charge in [-0.3, -0.25) is 5.43 Å². The Labute approximate surface area is 135 Å². The normalized spacial score (nSPS) is 15.2. The van der Waals surface area contributed by atoms with E-state index in [1.165, 1.54) is 5.69 Å². The van der Waals surface area contributed by atoms with Gasteiger partial charge in [-0.25, -0.2) is 0 Å². The maximum Gasteiger partial charge on any atom is 0.0642 e. The number of nitrogens with zero attached hydrogens (tertiary/aromatic N) is 2. The Kier molecular flexibility index (Phi) is 4.93. The van der Waals surface area contributed by atoms with Crippen molar-refractivity contribution in [2.45, 2.75) is 0 Å². The molecule has 4 nitrogen and oxygen atoms in total. The molecule has 1 N–H and O–H groups in total. The zero-order valence-corrected chi connectivity index (χ0v) is 13.0. The molecule has 0 atom stereocenters. The van der Waals surface area contributed by atoms with E-state index in [2.05, 4.69) is 39.7 Å². The molecule has 0 amide bonds. The fraction of sp³-hybridized carbons (Fsp3) is 0.235. The zero-order chi connectivity index (χ0) is 15.2. The van der Waals surface area contributed by atoms with Crippen LogP contribution in [0, 0.1) is 0 Å². The standard InChI is InChI=1S/C17H18ClN3O/c18-15-2-1-3-16(12-15)20-19-13-14-4-6-17(7-5-14)21-8-10-22-11-9-21/h1-7,12-13,20H,8-11H2. The quantitative estimate of drug-likeness (QED) is 0.691. The number of halogens is 1. The van der Waals surface area contributed by atoms with Crippen molar-refractivity contribution in [2.75, 3.05) is 36.6 Å². The molecule has 2 aromatic rings. The average molecular weight is 316 g/mol. The summed E-state index contributed by atoms with van der Waals surface area (Å²) in [6.45, 7) is 3.49. The molecular weight excluding hydrogens is 298 g/mol. The van der Waals surface area contributed by atoms with E-state index in [0.717, 1.165) is 37.6 Å². The lowest BCUT2D eigenvalue weighted by Gasteiger charge is -2.28. The summed E-state index contributed by atoms with van der Waals surface area (Å²) in [7, 11) is 0. The van der Waals surface area contributed by atoms with Gasteiger partial charge in [-0.2, -0.15) is 5.10 Å². The summed E-state index contributed by atoms with van der Waals surface area (Å²) in [6.07, 6.45) is 1.80. The molecule has 114 valence electrons. The van der Waals surface area contributed by atoms with Gasteiger partial charge in [0.25, 0.3) is 0 Å². The molecular formula is C17H18ClN3O. The van der Waals surface area contributed by atoms with E-state index in [9.17, 15) is 0 Å². The van der Waals surface area contributed by atoms with Crippen molar-refractivity contribution in [3.63, 3.8) is 0 Å². The number of hydrazone groups is 1. The number of morpholine rings is 1. The summed E-state index contributed by atoms with van der Waals surface area (Å²) in [6, 6.07) is 15.8. The predicted molar refractivity (Wildman–Crippen MR) is 92.1 cm³/mol. The third kappa shape index (κ3) is 4.00. The van der Waals surface area contributed by atoms with Crippen molar-refractivity contribution < 1.29 is 4.74 Å². The lowest BCUT2D eigenvalue weighted by atomic mass is 10.2. The van der Waals surface area contributed by atoms with Gasteiger partial charge in [0.1, 0.15) is 0 Å². The van der Waals surface area contributed by atoms with Crippen LogP contribution in [0.25, 0.3) is 0 Å². The molecule has 2 aromatic carbocycles. The monoisotopic (exact) mass is 315 g/mol. The summed E-state index contributed by atoms with van der Waals surface area (Å²) in [5.74, 6) is 0. The number of rotatable bonds is 4. The first-order valence-corrected chi connectivity index (χ1v) is 7.66. The fourth-order valence-electron chi connectivity index (χ4n) is 2.33. The number of nitrogens with one attached hydrogen (secondary N) is 1. The maximum absolute atomic E-state index is 5.93. The topological polar surface area (TPSA) is 36.9 Å².